The van der Waals surface area contributed by atoms with Crippen LogP contribution in [-0.2, 0) is 14.1 Å². The van der Waals surface area contributed by atoms with Crippen LogP contribution < -0.4 is 26.1 Å². The second-order valence-corrected chi connectivity index (χ2v) is 10.4. The molecule has 2 saturated heterocycles. The number of nitrogens with one attached hydrogen (secondary N) is 1. The van der Waals surface area contributed by atoms with E-state index in [0.29, 0.717) is 24.9 Å². The molecule has 174 valence electrons. The zero-order valence-corrected chi connectivity index (χ0v) is 20.3. The Morgan fingerprint density at radius 2 is 2.09 bits per heavy atom. The summed E-state index contributed by atoms with van der Waals surface area (Å²) in [5.74, 6) is 1.42. The second-order valence-electron chi connectivity index (χ2n) is 10.4. The minimum atomic E-state index is -0.447. The highest BCUT2D eigenvalue weighted by Gasteiger charge is 2.47. The van der Waals surface area contributed by atoms with E-state index in [4.69, 9.17) is 19.0 Å². The zero-order valence-electron chi connectivity index (χ0n) is 20.3. The maximum Gasteiger partial charge on any atom is 0.494 e. The number of carbonyl (C=O) groups is 1. The highest BCUT2D eigenvalue weighted by molar-refractivity contribution is 6.62. The lowest BCUT2D eigenvalue weighted by Gasteiger charge is -2.28. The Morgan fingerprint density at radius 1 is 1.31 bits per heavy atom. The molecule has 1 N–H and O–H groups in total. The summed E-state index contributed by atoms with van der Waals surface area (Å²) in [6.07, 6.45) is 5.80. The van der Waals surface area contributed by atoms with Gasteiger partial charge in [-0.1, -0.05) is 33.3 Å². The molecule has 6 nitrogen and oxygen atoms in total. The van der Waals surface area contributed by atoms with Crippen LogP contribution in [0.25, 0.3) is 6.08 Å². The summed E-state index contributed by atoms with van der Waals surface area (Å²) in [6, 6.07) is 4.46. The molecule has 0 aromatic heterocycles. The number of amides is 1. The maximum atomic E-state index is 11.7. The van der Waals surface area contributed by atoms with Crippen LogP contribution in [0, 0.1) is 11.8 Å². The summed E-state index contributed by atoms with van der Waals surface area (Å²) in [4.78, 5) is 16.7. The molecule has 0 saturated carbocycles. The minimum absolute atomic E-state index is 0.0127. The SMILES string of the molecule is CCCC1CC=c2c(OC(C)C3CNC(=O)C3)cc(B3OC(C(C)C)C(C)(C)O3)cc2=N1. The van der Waals surface area contributed by atoms with Crippen LogP contribution >= 0.6 is 0 Å². The fraction of sp³-hybridized carbons (Fsp3) is 0.680. The molecule has 3 heterocycles. The van der Waals surface area contributed by atoms with Crippen LogP contribution in [0.3, 0.4) is 0 Å². The molecular weight excluding hydrogens is 403 g/mol. The van der Waals surface area contributed by atoms with Crippen LogP contribution in [0.2, 0.25) is 0 Å². The standard InChI is InChI=1S/C25H37BN2O4/c1-7-8-19-9-10-20-21(28-19)12-18(26-31-24(15(2)3)25(5,6)32-26)13-22(20)30-16(4)17-11-23(29)27-14-17/h10,12-13,15-17,19,24H,7-9,11,14H2,1-6H3,(H,27,29). The lowest BCUT2D eigenvalue weighted by molar-refractivity contribution is -0.119. The highest BCUT2D eigenvalue weighted by atomic mass is 16.7. The van der Waals surface area contributed by atoms with Gasteiger partial charge < -0.3 is 19.4 Å². The van der Waals surface area contributed by atoms with Crippen molar-refractivity contribution in [3.63, 3.8) is 0 Å². The first-order valence-electron chi connectivity index (χ1n) is 12.2. The maximum absolute atomic E-state index is 11.7. The molecule has 4 rings (SSSR count). The Morgan fingerprint density at radius 3 is 2.72 bits per heavy atom. The van der Waals surface area contributed by atoms with Gasteiger partial charge in [0.25, 0.3) is 0 Å². The van der Waals surface area contributed by atoms with Crippen molar-refractivity contribution in [2.24, 2.45) is 16.8 Å². The Bertz CT molecular complexity index is 977. The molecule has 4 unspecified atom stereocenters. The predicted octanol–water partition coefficient (Wildman–Crippen LogP) is 2.11. The van der Waals surface area contributed by atoms with Gasteiger partial charge in [-0.05, 0) is 57.1 Å². The smallest absolute Gasteiger partial charge is 0.490 e. The third-order valence-corrected chi connectivity index (χ3v) is 6.91. The lowest BCUT2D eigenvalue weighted by Crippen LogP contribution is -2.43. The van der Waals surface area contributed by atoms with Gasteiger partial charge >= 0.3 is 7.12 Å². The normalized spacial score (nSPS) is 27.5. The van der Waals surface area contributed by atoms with Gasteiger partial charge in [0.05, 0.1) is 23.1 Å². The Balaban J connectivity index is 1.69. The molecule has 7 heteroatoms. The highest BCUT2D eigenvalue weighted by Crippen LogP contribution is 2.32. The fourth-order valence-corrected chi connectivity index (χ4v) is 5.23. The summed E-state index contributed by atoms with van der Waals surface area (Å²) in [6.45, 7) is 13.4. The Kier molecular flexibility index (Phi) is 6.69. The van der Waals surface area contributed by atoms with E-state index in [9.17, 15) is 4.79 Å². The average Bonchev–Trinajstić information content (AvgIpc) is 3.30. The van der Waals surface area contributed by atoms with Crippen molar-refractivity contribution >= 4 is 24.6 Å². The fourth-order valence-electron chi connectivity index (χ4n) is 5.23. The number of carbonyl (C=O) groups excluding carboxylic acids is 1. The van der Waals surface area contributed by atoms with Gasteiger partial charge in [-0.25, -0.2) is 0 Å². The van der Waals surface area contributed by atoms with Gasteiger partial charge in [-0.15, -0.1) is 0 Å². The van der Waals surface area contributed by atoms with Crippen molar-refractivity contribution in [3.05, 3.63) is 22.7 Å². The first kappa shape index (κ1) is 23.3. The van der Waals surface area contributed by atoms with Crippen molar-refractivity contribution in [2.45, 2.75) is 91.1 Å². The number of nitrogens with zero attached hydrogens (tertiary/aromatic N) is 1. The van der Waals surface area contributed by atoms with Gasteiger partial charge in [0.2, 0.25) is 5.91 Å². The van der Waals surface area contributed by atoms with E-state index in [2.05, 4.69) is 58.1 Å². The molecule has 3 aliphatic heterocycles. The Hall–Kier alpha value is -1.86. The van der Waals surface area contributed by atoms with Crippen LogP contribution in [0.4, 0.5) is 0 Å². The van der Waals surface area contributed by atoms with Crippen molar-refractivity contribution in [1.29, 1.82) is 0 Å². The van der Waals surface area contributed by atoms with Gasteiger partial charge in [-0.2, -0.15) is 0 Å². The van der Waals surface area contributed by atoms with E-state index in [1.54, 1.807) is 0 Å². The lowest BCUT2D eigenvalue weighted by atomic mass is 9.78. The monoisotopic (exact) mass is 440 g/mol. The van der Waals surface area contributed by atoms with Gasteiger partial charge in [-0.3, -0.25) is 9.79 Å². The summed E-state index contributed by atoms with van der Waals surface area (Å²) < 4.78 is 19.2. The number of benzene rings is 1. The molecule has 0 spiro atoms. The van der Waals surface area contributed by atoms with E-state index in [1.165, 1.54) is 0 Å². The number of ether oxygens (including phenoxy) is 1. The number of rotatable bonds is 7. The summed E-state index contributed by atoms with van der Waals surface area (Å²) in [7, 11) is -0.447. The molecule has 32 heavy (non-hydrogen) atoms. The molecule has 0 radical (unpaired) electrons. The van der Waals surface area contributed by atoms with Gasteiger partial charge in [0.15, 0.2) is 0 Å². The average molecular weight is 440 g/mol. The third kappa shape index (κ3) is 4.74. The van der Waals surface area contributed by atoms with Crippen LogP contribution in [0.15, 0.2) is 17.1 Å². The van der Waals surface area contributed by atoms with Crippen molar-refractivity contribution in [2.75, 3.05) is 6.54 Å². The van der Waals surface area contributed by atoms with Gasteiger partial charge in [0, 0.05) is 24.1 Å². The topological polar surface area (TPSA) is 69.2 Å². The van der Waals surface area contributed by atoms with Crippen molar-refractivity contribution < 1.29 is 18.8 Å². The summed E-state index contributed by atoms with van der Waals surface area (Å²) in [5.41, 5.74) is 0.574. The largest absolute Gasteiger partial charge is 0.494 e. The predicted molar refractivity (Wildman–Crippen MR) is 126 cm³/mol. The Labute approximate surface area is 191 Å². The first-order chi connectivity index (χ1) is 15.2. The molecule has 2 fully saturated rings. The first-order valence-corrected chi connectivity index (χ1v) is 12.2. The summed E-state index contributed by atoms with van der Waals surface area (Å²) >= 11 is 0. The van der Waals surface area contributed by atoms with Crippen LogP contribution in [-0.4, -0.2) is 43.4 Å². The van der Waals surface area contributed by atoms with Crippen molar-refractivity contribution in [3.8, 4) is 5.75 Å². The van der Waals surface area contributed by atoms with Crippen LogP contribution in [0.1, 0.15) is 67.2 Å². The van der Waals surface area contributed by atoms with E-state index in [0.717, 1.165) is 41.1 Å². The zero-order chi connectivity index (χ0) is 23.0. The van der Waals surface area contributed by atoms with Crippen molar-refractivity contribution in [1.82, 2.24) is 5.32 Å². The van der Waals surface area contributed by atoms with E-state index in [-0.39, 0.29) is 29.6 Å². The molecule has 1 aromatic carbocycles. The van der Waals surface area contributed by atoms with Crippen LogP contribution in [0.5, 0.6) is 5.75 Å². The molecule has 0 aliphatic carbocycles. The number of hydrogen-bond acceptors (Lipinski definition) is 5. The second kappa shape index (κ2) is 9.18. The molecule has 4 atom stereocenters. The van der Waals surface area contributed by atoms with E-state index >= 15 is 0 Å². The third-order valence-electron chi connectivity index (χ3n) is 6.91. The number of hydrogen-bond donors (Lipinski definition) is 1. The molecule has 3 aliphatic rings. The molecule has 1 aromatic rings. The summed E-state index contributed by atoms with van der Waals surface area (Å²) in [5, 5.41) is 4.91. The molecule has 0 bridgehead atoms. The minimum Gasteiger partial charge on any atom is -0.490 e. The molecular formula is C25H37BN2O4. The quantitative estimate of drug-likeness (QED) is 0.660. The van der Waals surface area contributed by atoms with E-state index in [1.807, 2.05) is 6.92 Å². The van der Waals surface area contributed by atoms with Gasteiger partial charge in [0.1, 0.15) is 11.9 Å². The van der Waals surface area contributed by atoms with E-state index < -0.39 is 7.12 Å². The molecule has 1 amide bonds. The number of fused-ring (bicyclic) bond motifs is 1.